The van der Waals surface area contributed by atoms with E-state index in [1.165, 1.54) is 50.5 Å². The normalized spacial score (nSPS) is 16.0. The lowest BCUT2D eigenvalue weighted by molar-refractivity contribution is 0.291. The summed E-state index contributed by atoms with van der Waals surface area (Å²) in [4.78, 5) is 0. The van der Waals surface area contributed by atoms with Crippen LogP contribution >= 0.6 is 0 Å². The minimum atomic E-state index is 0.403. The molecular weight excluding hydrogens is 254 g/mol. The van der Waals surface area contributed by atoms with Gasteiger partial charge in [-0.3, -0.25) is 0 Å². The van der Waals surface area contributed by atoms with Crippen LogP contribution in [0.25, 0.3) is 0 Å². The quantitative estimate of drug-likeness (QED) is 0.628. The van der Waals surface area contributed by atoms with Crippen LogP contribution in [-0.2, 0) is 12.8 Å². The SMILES string of the molecule is CCCCCC(C)(C)CNC(C)c1ccc2c(c1)CCC2. The Morgan fingerprint density at radius 3 is 2.67 bits per heavy atom. The van der Waals surface area contributed by atoms with E-state index in [9.17, 15) is 0 Å². The predicted octanol–water partition coefficient (Wildman–Crippen LogP) is 5.43. The van der Waals surface area contributed by atoms with Crippen molar-refractivity contribution in [2.75, 3.05) is 6.54 Å². The Balaban J connectivity index is 1.85. The Hall–Kier alpha value is -0.820. The molecule has 21 heavy (non-hydrogen) atoms. The molecular formula is C20H33N. The number of fused-ring (bicyclic) bond motifs is 1. The monoisotopic (exact) mass is 287 g/mol. The minimum absolute atomic E-state index is 0.403. The molecule has 0 aliphatic heterocycles. The highest BCUT2D eigenvalue weighted by molar-refractivity contribution is 5.36. The molecule has 1 aromatic carbocycles. The van der Waals surface area contributed by atoms with E-state index in [0.717, 1.165) is 6.54 Å². The molecule has 0 bridgehead atoms. The van der Waals surface area contributed by atoms with Gasteiger partial charge in [-0.15, -0.1) is 0 Å². The maximum absolute atomic E-state index is 3.76. The summed E-state index contributed by atoms with van der Waals surface area (Å²) in [7, 11) is 0. The van der Waals surface area contributed by atoms with E-state index in [4.69, 9.17) is 0 Å². The standard InChI is InChI=1S/C20H33N/c1-5-6-7-13-20(3,4)15-21-16(2)18-12-11-17-9-8-10-19(17)14-18/h11-12,14,16,21H,5-10,13,15H2,1-4H3. The number of unbranched alkanes of at least 4 members (excludes halogenated alkanes) is 2. The summed E-state index contributed by atoms with van der Waals surface area (Å²) >= 11 is 0. The van der Waals surface area contributed by atoms with Crippen molar-refractivity contribution >= 4 is 0 Å². The van der Waals surface area contributed by atoms with Gasteiger partial charge in [-0.25, -0.2) is 0 Å². The van der Waals surface area contributed by atoms with Crippen molar-refractivity contribution < 1.29 is 0 Å². The maximum Gasteiger partial charge on any atom is 0.0292 e. The van der Waals surface area contributed by atoms with E-state index in [0.29, 0.717) is 11.5 Å². The third kappa shape index (κ3) is 4.85. The topological polar surface area (TPSA) is 12.0 Å². The van der Waals surface area contributed by atoms with Gasteiger partial charge in [0.25, 0.3) is 0 Å². The second-order valence-corrected chi connectivity index (χ2v) is 7.61. The van der Waals surface area contributed by atoms with E-state index in [1.807, 2.05) is 0 Å². The lowest BCUT2D eigenvalue weighted by Gasteiger charge is -2.27. The molecule has 1 aliphatic rings. The Bertz CT molecular complexity index is 447. The van der Waals surface area contributed by atoms with Crippen LogP contribution in [0.4, 0.5) is 0 Å². The van der Waals surface area contributed by atoms with Gasteiger partial charge < -0.3 is 5.32 Å². The van der Waals surface area contributed by atoms with Gasteiger partial charge in [-0.1, -0.05) is 58.2 Å². The van der Waals surface area contributed by atoms with Crippen LogP contribution in [0.2, 0.25) is 0 Å². The van der Waals surface area contributed by atoms with Crippen LogP contribution < -0.4 is 5.32 Å². The molecule has 2 rings (SSSR count). The second kappa shape index (κ2) is 7.45. The highest BCUT2D eigenvalue weighted by atomic mass is 14.9. The first kappa shape index (κ1) is 16.5. The van der Waals surface area contributed by atoms with Gasteiger partial charge in [0.1, 0.15) is 0 Å². The van der Waals surface area contributed by atoms with Gasteiger partial charge in [-0.05, 0) is 54.7 Å². The highest BCUT2D eigenvalue weighted by Gasteiger charge is 2.19. The van der Waals surface area contributed by atoms with Crippen molar-refractivity contribution in [1.82, 2.24) is 5.32 Å². The fourth-order valence-electron chi connectivity index (χ4n) is 3.35. The summed E-state index contributed by atoms with van der Waals surface area (Å²) in [5, 5.41) is 3.76. The van der Waals surface area contributed by atoms with Crippen molar-refractivity contribution in [3.05, 3.63) is 34.9 Å². The molecule has 1 unspecified atom stereocenters. The molecule has 1 aromatic rings. The molecule has 1 N–H and O–H groups in total. The number of hydrogen-bond donors (Lipinski definition) is 1. The lowest BCUT2D eigenvalue weighted by Crippen LogP contribution is -2.31. The van der Waals surface area contributed by atoms with Crippen LogP contribution in [0.5, 0.6) is 0 Å². The van der Waals surface area contributed by atoms with Crippen molar-refractivity contribution in [2.45, 2.75) is 78.7 Å². The van der Waals surface area contributed by atoms with Crippen molar-refractivity contribution in [3.63, 3.8) is 0 Å². The van der Waals surface area contributed by atoms with Crippen molar-refractivity contribution in [3.8, 4) is 0 Å². The maximum atomic E-state index is 3.76. The molecule has 0 saturated carbocycles. The first-order valence-electron chi connectivity index (χ1n) is 8.87. The fourth-order valence-corrected chi connectivity index (χ4v) is 3.35. The van der Waals surface area contributed by atoms with Crippen LogP contribution in [0.3, 0.4) is 0 Å². The Labute approximate surface area is 131 Å². The van der Waals surface area contributed by atoms with Crippen LogP contribution in [-0.4, -0.2) is 6.54 Å². The van der Waals surface area contributed by atoms with E-state index in [-0.39, 0.29) is 0 Å². The van der Waals surface area contributed by atoms with Gasteiger partial charge in [-0.2, -0.15) is 0 Å². The number of aryl methyl sites for hydroxylation is 2. The van der Waals surface area contributed by atoms with Gasteiger partial charge in [0.05, 0.1) is 0 Å². The molecule has 0 amide bonds. The van der Waals surface area contributed by atoms with E-state index < -0.39 is 0 Å². The summed E-state index contributed by atoms with van der Waals surface area (Å²) in [6, 6.07) is 7.57. The number of nitrogens with one attached hydrogen (secondary N) is 1. The zero-order valence-corrected chi connectivity index (χ0v) is 14.5. The zero-order valence-electron chi connectivity index (χ0n) is 14.5. The number of rotatable bonds is 8. The third-order valence-corrected chi connectivity index (χ3v) is 4.97. The lowest BCUT2D eigenvalue weighted by atomic mass is 9.86. The Morgan fingerprint density at radius 1 is 1.14 bits per heavy atom. The molecule has 0 spiro atoms. The Kier molecular flexibility index (Phi) is 5.87. The predicted molar refractivity (Wildman–Crippen MR) is 92.8 cm³/mol. The van der Waals surface area contributed by atoms with Crippen LogP contribution in [0, 0.1) is 5.41 Å². The van der Waals surface area contributed by atoms with Gasteiger partial charge in [0.2, 0.25) is 0 Å². The molecule has 0 radical (unpaired) electrons. The summed E-state index contributed by atoms with van der Waals surface area (Å²) < 4.78 is 0. The third-order valence-electron chi connectivity index (χ3n) is 4.97. The number of benzene rings is 1. The molecule has 1 heteroatoms. The molecule has 0 heterocycles. The molecule has 1 aliphatic carbocycles. The average Bonchev–Trinajstić information content (AvgIpc) is 2.92. The highest BCUT2D eigenvalue weighted by Crippen LogP contribution is 2.27. The zero-order chi connectivity index (χ0) is 15.3. The average molecular weight is 287 g/mol. The smallest absolute Gasteiger partial charge is 0.0292 e. The van der Waals surface area contributed by atoms with E-state index in [2.05, 4.69) is 51.2 Å². The summed E-state index contributed by atoms with van der Waals surface area (Å²) in [6.07, 6.45) is 9.26. The van der Waals surface area contributed by atoms with E-state index in [1.54, 1.807) is 11.1 Å². The van der Waals surface area contributed by atoms with Gasteiger partial charge in [0, 0.05) is 12.6 Å². The second-order valence-electron chi connectivity index (χ2n) is 7.61. The van der Waals surface area contributed by atoms with E-state index >= 15 is 0 Å². The molecule has 1 nitrogen and oxygen atoms in total. The molecule has 0 aromatic heterocycles. The summed E-state index contributed by atoms with van der Waals surface area (Å²) in [6.45, 7) is 10.5. The largest absolute Gasteiger partial charge is 0.310 e. The summed E-state index contributed by atoms with van der Waals surface area (Å²) in [5.41, 5.74) is 5.02. The molecule has 0 saturated heterocycles. The minimum Gasteiger partial charge on any atom is -0.310 e. The first-order valence-corrected chi connectivity index (χ1v) is 8.87. The molecule has 0 fully saturated rings. The molecule has 118 valence electrons. The fraction of sp³-hybridized carbons (Fsp3) is 0.700. The Morgan fingerprint density at radius 2 is 1.90 bits per heavy atom. The van der Waals surface area contributed by atoms with Gasteiger partial charge >= 0.3 is 0 Å². The van der Waals surface area contributed by atoms with Crippen molar-refractivity contribution in [1.29, 1.82) is 0 Å². The molecule has 1 atom stereocenters. The van der Waals surface area contributed by atoms with Gasteiger partial charge in [0.15, 0.2) is 0 Å². The van der Waals surface area contributed by atoms with Crippen LogP contribution in [0.15, 0.2) is 18.2 Å². The van der Waals surface area contributed by atoms with Crippen molar-refractivity contribution in [2.24, 2.45) is 5.41 Å². The number of hydrogen-bond acceptors (Lipinski definition) is 1. The van der Waals surface area contributed by atoms with Crippen LogP contribution in [0.1, 0.15) is 82.5 Å². The summed E-state index contributed by atoms with van der Waals surface area (Å²) in [5.74, 6) is 0. The first-order chi connectivity index (χ1) is 10.0.